The largest absolute Gasteiger partial charge is 0.294 e. The van der Waals surface area contributed by atoms with Gasteiger partial charge < -0.3 is 0 Å². The van der Waals surface area contributed by atoms with E-state index in [9.17, 15) is 14.4 Å². The lowest BCUT2D eigenvalue weighted by Gasteiger charge is -2.60. The summed E-state index contributed by atoms with van der Waals surface area (Å²) in [6, 6.07) is 0. The lowest BCUT2D eigenvalue weighted by atomic mass is 9.41. The molecule has 0 spiro atoms. The second kappa shape index (κ2) is 9.63. The molecule has 0 radical (unpaired) electrons. The van der Waals surface area contributed by atoms with Crippen LogP contribution >= 0.6 is 0 Å². The second-order valence-corrected chi connectivity index (χ2v) is 16.2. The Hall–Kier alpha value is -1.77. The number of hydrogen-bond donors (Lipinski definition) is 0. The Morgan fingerprint density at radius 1 is 0.925 bits per heavy atom. The number of carbonyl (C=O) groups is 3. The average Bonchev–Trinajstić information content (AvgIpc) is 2.81. The van der Waals surface area contributed by atoms with E-state index in [0.29, 0.717) is 35.2 Å². The number of allylic oxidation sites excluding steroid dienone is 6. The fourth-order valence-corrected chi connectivity index (χ4v) is 11.2. The first-order valence-electron chi connectivity index (χ1n) is 16.2. The van der Waals surface area contributed by atoms with Gasteiger partial charge in [-0.1, -0.05) is 71.6 Å². The molecule has 0 bridgehead atoms. The summed E-state index contributed by atoms with van der Waals surface area (Å²) in [4.78, 5) is 41.8. The van der Waals surface area contributed by atoms with E-state index >= 15 is 0 Å². The van der Waals surface area contributed by atoms with Crippen LogP contribution in [-0.2, 0) is 14.4 Å². The van der Waals surface area contributed by atoms with Crippen molar-refractivity contribution in [1.82, 2.24) is 0 Å². The highest BCUT2D eigenvalue weighted by Crippen LogP contribution is 2.68. The van der Waals surface area contributed by atoms with Crippen molar-refractivity contribution in [2.45, 2.75) is 121 Å². The maximum Gasteiger partial charge on any atom is 0.185 e. The van der Waals surface area contributed by atoms with Gasteiger partial charge in [0.25, 0.3) is 0 Å². The normalized spacial score (nSPS) is 44.1. The van der Waals surface area contributed by atoms with Crippen LogP contribution in [0.5, 0.6) is 0 Å². The molecule has 5 aliphatic carbocycles. The molecular formula is C37H54O3. The van der Waals surface area contributed by atoms with Crippen molar-refractivity contribution in [2.75, 3.05) is 0 Å². The van der Waals surface area contributed by atoms with E-state index in [1.807, 2.05) is 13.8 Å². The van der Waals surface area contributed by atoms with Crippen LogP contribution in [0.4, 0.5) is 0 Å². The first-order chi connectivity index (χ1) is 18.5. The summed E-state index contributed by atoms with van der Waals surface area (Å²) in [6.07, 6.45) is 7.56. The van der Waals surface area contributed by atoms with Crippen molar-refractivity contribution in [3.8, 4) is 0 Å². The molecule has 0 aromatic heterocycles. The van der Waals surface area contributed by atoms with Gasteiger partial charge in [-0.3, -0.25) is 14.4 Å². The zero-order valence-electron chi connectivity index (χ0n) is 27.2. The Balaban J connectivity index is 1.65. The van der Waals surface area contributed by atoms with E-state index in [-0.39, 0.29) is 34.1 Å². The molecule has 9 unspecified atom stereocenters. The molecule has 0 amide bonds. The summed E-state index contributed by atoms with van der Waals surface area (Å²) in [5, 5.41) is 0. The molecule has 1 fully saturated rings. The van der Waals surface area contributed by atoms with Gasteiger partial charge >= 0.3 is 0 Å². The molecule has 0 saturated heterocycles. The van der Waals surface area contributed by atoms with Crippen LogP contribution in [-0.4, -0.2) is 17.3 Å². The highest BCUT2D eigenvalue weighted by atomic mass is 16.2. The van der Waals surface area contributed by atoms with Gasteiger partial charge in [-0.15, -0.1) is 0 Å². The monoisotopic (exact) mass is 546 g/mol. The van der Waals surface area contributed by atoms with Crippen molar-refractivity contribution in [3.63, 3.8) is 0 Å². The number of hydrogen-bond acceptors (Lipinski definition) is 3. The van der Waals surface area contributed by atoms with E-state index in [0.717, 1.165) is 47.5 Å². The Bertz CT molecular complexity index is 1260. The summed E-state index contributed by atoms with van der Waals surface area (Å²) in [5.74, 6) is 3.94. The quantitative estimate of drug-likeness (QED) is 0.332. The van der Waals surface area contributed by atoms with Crippen molar-refractivity contribution in [2.24, 2.45) is 57.7 Å². The fraction of sp³-hybridized carbons (Fsp3) is 0.757. The van der Waals surface area contributed by atoms with Crippen molar-refractivity contribution in [3.05, 3.63) is 33.4 Å². The Morgan fingerprint density at radius 3 is 2.15 bits per heavy atom. The van der Waals surface area contributed by atoms with Crippen molar-refractivity contribution in [1.29, 1.82) is 0 Å². The fourth-order valence-electron chi connectivity index (χ4n) is 11.2. The molecule has 0 N–H and O–H groups in total. The highest BCUT2D eigenvalue weighted by molar-refractivity contribution is 6.24. The third-order valence-corrected chi connectivity index (χ3v) is 13.2. The van der Waals surface area contributed by atoms with E-state index < -0.39 is 5.41 Å². The molecular weight excluding hydrogens is 492 g/mol. The number of fused-ring (bicyclic) bond motifs is 2. The zero-order valence-corrected chi connectivity index (χ0v) is 27.2. The number of ketones is 3. The van der Waals surface area contributed by atoms with Gasteiger partial charge in [0, 0.05) is 16.6 Å². The number of carbonyl (C=O) groups excluding carboxylic acids is 3. The van der Waals surface area contributed by atoms with Crippen molar-refractivity contribution < 1.29 is 14.4 Å². The molecule has 5 aliphatic rings. The minimum absolute atomic E-state index is 0.0642. The molecule has 3 nitrogen and oxygen atoms in total. The first kappa shape index (κ1) is 29.7. The summed E-state index contributed by atoms with van der Waals surface area (Å²) in [7, 11) is 0. The molecule has 40 heavy (non-hydrogen) atoms. The molecule has 9 atom stereocenters. The smallest absolute Gasteiger partial charge is 0.185 e. The van der Waals surface area contributed by atoms with Gasteiger partial charge in [0.05, 0.1) is 11.0 Å². The zero-order chi connectivity index (χ0) is 29.7. The number of Topliss-reactive ketones (excluding diaryl/α,β-unsaturated/α-hetero) is 3. The first-order valence-corrected chi connectivity index (χ1v) is 16.2. The SMILES string of the molecule is CC(=O)C1=C(C)CC2(C)CC3(C)CC4=C(C(=O)C3=C(C)C2(C)C1=O)C(C)C(C1CCC(C)CC1C)CC4C(C)C. The minimum atomic E-state index is -0.834. The third-order valence-electron chi connectivity index (χ3n) is 13.2. The summed E-state index contributed by atoms with van der Waals surface area (Å²) in [5.41, 5.74) is 4.23. The van der Waals surface area contributed by atoms with Crippen LogP contribution in [0.1, 0.15) is 121 Å². The van der Waals surface area contributed by atoms with Gasteiger partial charge in [-0.25, -0.2) is 0 Å². The molecule has 5 rings (SSSR count). The van der Waals surface area contributed by atoms with E-state index in [1.54, 1.807) is 0 Å². The molecule has 0 heterocycles. The molecule has 0 aromatic carbocycles. The number of rotatable bonds is 3. The second-order valence-electron chi connectivity index (χ2n) is 16.2. The van der Waals surface area contributed by atoms with Crippen molar-refractivity contribution >= 4 is 17.3 Å². The molecule has 0 aromatic rings. The summed E-state index contributed by atoms with van der Waals surface area (Å²) in [6.45, 7) is 24.0. The predicted octanol–water partition coefficient (Wildman–Crippen LogP) is 8.87. The average molecular weight is 547 g/mol. The van der Waals surface area contributed by atoms with Gasteiger partial charge in [0.1, 0.15) is 0 Å². The lowest BCUT2D eigenvalue weighted by Crippen LogP contribution is -2.57. The maximum absolute atomic E-state index is 15.0. The van der Waals surface area contributed by atoms with Gasteiger partial charge in [0.15, 0.2) is 17.3 Å². The Morgan fingerprint density at radius 2 is 1.57 bits per heavy atom. The van der Waals surface area contributed by atoms with Crippen LogP contribution in [0, 0.1) is 57.7 Å². The highest BCUT2D eigenvalue weighted by Gasteiger charge is 2.64. The Kier molecular flexibility index (Phi) is 7.15. The van der Waals surface area contributed by atoms with Gasteiger partial charge in [-0.2, -0.15) is 0 Å². The van der Waals surface area contributed by atoms with E-state index in [1.165, 1.54) is 38.2 Å². The van der Waals surface area contributed by atoms with Crippen LogP contribution in [0.2, 0.25) is 0 Å². The van der Waals surface area contributed by atoms with Gasteiger partial charge in [-0.05, 0) is 113 Å². The standard InChI is InChI=1S/C37H54O3/c1-19(2)27-15-28(26-13-12-20(3)14-21(26)4)23(6)31-29(27)17-35(9)18-36(10)16-22(5)30(25(8)38)34(40)37(36,11)24(7)32(35)33(31)39/h19-21,23,26-28H,12-18H2,1-11H3. The van der Waals surface area contributed by atoms with Crippen LogP contribution in [0.15, 0.2) is 33.4 Å². The van der Waals surface area contributed by atoms with E-state index in [2.05, 4.69) is 55.4 Å². The molecule has 3 heteroatoms. The topological polar surface area (TPSA) is 51.2 Å². The van der Waals surface area contributed by atoms with Crippen LogP contribution < -0.4 is 0 Å². The van der Waals surface area contributed by atoms with E-state index in [4.69, 9.17) is 0 Å². The predicted molar refractivity (Wildman–Crippen MR) is 163 cm³/mol. The molecule has 0 aliphatic heterocycles. The van der Waals surface area contributed by atoms with Crippen LogP contribution in [0.25, 0.3) is 0 Å². The maximum atomic E-state index is 15.0. The lowest BCUT2D eigenvalue weighted by molar-refractivity contribution is -0.135. The summed E-state index contributed by atoms with van der Waals surface area (Å²) < 4.78 is 0. The molecule has 220 valence electrons. The third kappa shape index (κ3) is 3.98. The minimum Gasteiger partial charge on any atom is -0.294 e. The summed E-state index contributed by atoms with van der Waals surface area (Å²) >= 11 is 0. The van der Waals surface area contributed by atoms with Gasteiger partial charge in [0.2, 0.25) is 0 Å². The van der Waals surface area contributed by atoms with Crippen LogP contribution in [0.3, 0.4) is 0 Å². The molecule has 1 saturated carbocycles. The Labute approximate surface area is 243 Å².